The zero-order valence-electron chi connectivity index (χ0n) is 9.51. The molecule has 0 saturated heterocycles. The van der Waals surface area contributed by atoms with Gasteiger partial charge in [-0.15, -0.1) is 0 Å². The molecular weight excluding hydrogens is 273 g/mol. The van der Waals surface area contributed by atoms with E-state index in [4.69, 9.17) is 16.7 Å². The Labute approximate surface area is 106 Å². The maximum absolute atomic E-state index is 12.8. The van der Waals surface area contributed by atoms with Gasteiger partial charge in [0.05, 0.1) is 18.6 Å². The predicted octanol–water partition coefficient (Wildman–Crippen LogP) is 3.56. The number of hydrogen-bond acceptors (Lipinski definition) is 2. The average molecular weight is 283 g/mol. The van der Waals surface area contributed by atoms with Crippen molar-refractivity contribution in [2.24, 2.45) is 0 Å². The quantitative estimate of drug-likeness (QED) is 0.922. The number of carboxylic acids is 1. The monoisotopic (exact) mass is 282 g/mol. The fraction of sp³-hybridized carbons (Fsp3) is 0.364. The molecule has 0 fully saturated rings. The van der Waals surface area contributed by atoms with Crippen molar-refractivity contribution in [3.63, 3.8) is 0 Å². The molecule has 0 aliphatic rings. The first kappa shape index (κ1) is 14.6. The summed E-state index contributed by atoms with van der Waals surface area (Å²) in [5.74, 6) is -2.93. The van der Waals surface area contributed by atoms with E-state index in [-0.39, 0.29) is 10.6 Å². The molecule has 1 atom stereocenters. The third-order valence-corrected chi connectivity index (χ3v) is 2.65. The van der Waals surface area contributed by atoms with E-state index < -0.39 is 29.4 Å². The molecule has 18 heavy (non-hydrogen) atoms. The molecule has 1 aromatic carbocycles. The van der Waals surface area contributed by atoms with Gasteiger partial charge in [0.25, 0.3) is 0 Å². The van der Waals surface area contributed by atoms with E-state index in [0.717, 1.165) is 13.2 Å². The zero-order chi connectivity index (χ0) is 14.1. The number of aliphatic carboxylic acids is 1. The summed E-state index contributed by atoms with van der Waals surface area (Å²) in [4.78, 5) is 10.9. The van der Waals surface area contributed by atoms with Gasteiger partial charge in [-0.25, -0.2) is 0 Å². The number of methoxy groups -OCH3 is 1. The predicted molar refractivity (Wildman–Crippen MR) is 59.1 cm³/mol. The van der Waals surface area contributed by atoms with Crippen molar-refractivity contribution in [2.45, 2.75) is 19.0 Å². The smallest absolute Gasteiger partial charge is 0.420 e. The van der Waals surface area contributed by atoms with Crippen molar-refractivity contribution >= 4 is 17.6 Å². The zero-order valence-corrected chi connectivity index (χ0v) is 10.3. The Morgan fingerprint density at radius 1 is 1.44 bits per heavy atom. The molecule has 0 heterocycles. The number of alkyl halides is 3. The standard InChI is InChI=1S/C11H10ClF3O3/c1-5(10(16)17)7-3-6(12)4-8(9(7)18-2)11(13,14)15/h3-5H,1-2H3,(H,16,17). The topological polar surface area (TPSA) is 46.5 Å². The van der Waals surface area contributed by atoms with E-state index in [1.54, 1.807) is 0 Å². The molecule has 1 rings (SSSR count). The van der Waals surface area contributed by atoms with Crippen LogP contribution in [-0.2, 0) is 11.0 Å². The molecule has 0 spiro atoms. The van der Waals surface area contributed by atoms with Crippen LogP contribution in [0.15, 0.2) is 12.1 Å². The van der Waals surface area contributed by atoms with Gasteiger partial charge in [0, 0.05) is 10.6 Å². The number of rotatable bonds is 3. The highest BCUT2D eigenvalue weighted by Crippen LogP contribution is 2.42. The highest BCUT2D eigenvalue weighted by molar-refractivity contribution is 6.30. The second kappa shape index (κ2) is 5.06. The molecule has 0 radical (unpaired) electrons. The van der Waals surface area contributed by atoms with Gasteiger partial charge >= 0.3 is 12.1 Å². The second-order valence-corrected chi connectivity index (χ2v) is 4.07. The second-order valence-electron chi connectivity index (χ2n) is 3.63. The minimum atomic E-state index is -4.66. The number of benzene rings is 1. The first-order valence-corrected chi connectivity index (χ1v) is 5.23. The summed E-state index contributed by atoms with van der Waals surface area (Å²) < 4.78 is 43.0. The van der Waals surface area contributed by atoms with Crippen LogP contribution in [0.3, 0.4) is 0 Å². The van der Waals surface area contributed by atoms with Gasteiger partial charge in [-0.05, 0) is 19.1 Å². The van der Waals surface area contributed by atoms with Crippen LogP contribution in [0.1, 0.15) is 24.0 Å². The SMILES string of the molecule is COc1c(C(C)C(=O)O)cc(Cl)cc1C(F)(F)F. The Bertz CT molecular complexity index is 471. The molecule has 0 saturated carbocycles. The van der Waals surface area contributed by atoms with E-state index in [1.165, 1.54) is 6.92 Å². The van der Waals surface area contributed by atoms with Crippen LogP contribution in [0, 0.1) is 0 Å². The van der Waals surface area contributed by atoms with E-state index >= 15 is 0 Å². The van der Waals surface area contributed by atoms with Gasteiger partial charge in [0.2, 0.25) is 0 Å². The van der Waals surface area contributed by atoms with Crippen LogP contribution in [0.25, 0.3) is 0 Å². The maximum atomic E-state index is 12.8. The van der Waals surface area contributed by atoms with Gasteiger partial charge in [0.15, 0.2) is 0 Å². The van der Waals surface area contributed by atoms with Crippen LogP contribution in [-0.4, -0.2) is 18.2 Å². The van der Waals surface area contributed by atoms with Gasteiger partial charge in [-0.3, -0.25) is 4.79 Å². The van der Waals surface area contributed by atoms with Crippen LogP contribution in [0.5, 0.6) is 5.75 Å². The molecule has 0 bridgehead atoms. The van der Waals surface area contributed by atoms with Gasteiger partial charge in [-0.1, -0.05) is 11.6 Å². The largest absolute Gasteiger partial charge is 0.496 e. The molecule has 0 aliphatic carbocycles. The summed E-state index contributed by atoms with van der Waals surface area (Å²) in [7, 11) is 1.05. The highest BCUT2D eigenvalue weighted by Gasteiger charge is 2.37. The summed E-state index contributed by atoms with van der Waals surface area (Å²) in [5.41, 5.74) is -1.19. The molecule has 1 unspecified atom stereocenters. The van der Waals surface area contributed by atoms with Crippen LogP contribution in [0.2, 0.25) is 5.02 Å². The van der Waals surface area contributed by atoms with Crippen LogP contribution in [0.4, 0.5) is 13.2 Å². The first-order valence-electron chi connectivity index (χ1n) is 4.86. The summed E-state index contributed by atoms with van der Waals surface area (Å²) in [6, 6.07) is 1.87. The number of halogens is 4. The van der Waals surface area contributed by atoms with E-state index in [2.05, 4.69) is 4.74 Å². The fourth-order valence-electron chi connectivity index (χ4n) is 1.51. The van der Waals surface area contributed by atoms with E-state index in [9.17, 15) is 18.0 Å². The van der Waals surface area contributed by atoms with Crippen molar-refractivity contribution in [1.29, 1.82) is 0 Å². The Morgan fingerprint density at radius 2 is 2.00 bits per heavy atom. The third-order valence-electron chi connectivity index (χ3n) is 2.43. The average Bonchev–Trinajstić information content (AvgIpc) is 2.25. The van der Waals surface area contributed by atoms with Crippen molar-refractivity contribution in [3.8, 4) is 5.75 Å². The molecule has 1 aromatic rings. The lowest BCUT2D eigenvalue weighted by atomic mass is 9.97. The molecular formula is C11H10ClF3O3. The number of hydrogen-bond donors (Lipinski definition) is 1. The van der Waals surface area contributed by atoms with Gasteiger partial charge < -0.3 is 9.84 Å². The van der Waals surface area contributed by atoms with Crippen LogP contribution >= 0.6 is 11.6 Å². The molecule has 7 heteroatoms. The molecule has 100 valence electrons. The van der Waals surface area contributed by atoms with E-state index in [1.807, 2.05) is 0 Å². The Balaban J connectivity index is 3.52. The molecule has 0 aliphatic heterocycles. The van der Waals surface area contributed by atoms with Crippen molar-refractivity contribution in [3.05, 3.63) is 28.3 Å². The Morgan fingerprint density at radius 3 is 2.39 bits per heavy atom. The Kier molecular flexibility index (Phi) is 4.11. The number of carboxylic acid groups (broad SMARTS) is 1. The summed E-state index contributed by atoms with van der Waals surface area (Å²) in [6.45, 7) is 1.26. The minimum Gasteiger partial charge on any atom is -0.496 e. The number of ether oxygens (including phenoxy) is 1. The van der Waals surface area contributed by atoms with Crippen LogP contribution < -0.4 is 4.74 Å². The van der Waals surface area contributed by atoms with Gasteiger partial charge in [0.1, 0.15) is 5.75 Å². The lowest BCUT2D eigenvalue weighted by Gasteiger charge is -2.18. The summed E-state index contributed by atoms with van der Waals surface area (Å²) in [6.07, 6.45) is -4.66. The van der Waals surface area contributed by atoms with Crippen molar-refractivity contribution < 1.29 is 27.8 Å². The lowest BCUT2D eigenvalue weighted by molar-refractivity contribution is -0.140. The molecule has 3 nitrogen and oxygen atoms in total. The molecule has 1 N–H and O–H groups in total. The van der Waals surface area contributed by atoms with Crippen molar-refractivity contribution in [2.75, 3.05) is 7.11 Å². The van der Waals surface area contributed by atoms with E-state index in [0.29, 0.717) is 6.07 Å². The number of carbonyl (C=O) groups is 1. The van der Waals surface area contributed by atoms with Crippen molar-refractivity contribution in [1.82, 2.24) is 0 Å². The summed E-state index contributed by atoms with van der Waals surface area (Å²) in [5, 5.41) is 8.67. The highest BCUT2D eigenvalue weighted by atomic mass is 35.5. The lowest BCUT2D eigenvalue weighted by Crippen LogP contribution is -2.14. The normalized spacial score (nSPS) is 13.2. The van der Waals surface area contributed by atoms with Gasteiger partial charge in [-0.2, -0.15) is 13.2 Å². The summed E-state index contributed by atoms with van der Waals surface area (Å²) >= 11 is 5.59. The maximum Gasteiger partial charge on any atom is 0.420 e. The minimum absolute atomic E-state index is 0.107. The molecule has 0 amide bonds. The molecule has 0 aromatic heterocycles. The Hall–Kier alpha value is -1.43. The first-order chi connectivity index (χ1) is 8.18. The third kappa shape index (κ3) is 2.87. The fourth-order valence-corrected chi connectivity index (χ4v) is 1.73.